The fraction of sp³-hybridized carbons (Fsp3) is 1.00. The van der Waals surface area contributed by atoms with Gasteiger partial charge >= 0.3 is 0 Å². The van der Waals surface area contributed by atoms with E-state index in [2.05, 4.69) is 0 Å². The number of aliphatic hydroxyl groups excluding tert-OH is 3. The van der Waals surface area contributed by atoms with E-state index in [9.17, 15) is 0 Å². The van der Waals surface area contributed by atoms with Gasteiger partial charge in [-0.25, -0.2) is 0 Å². The standard InChI is InChI=1S/C6H10O4/c7-1-2-3(8)4(9)6-5(2)10-6/h2-9H,1H2/t2-,3-,4+,5-,6+/m0/s1. The van der Waals surface area contributed by atoms with Crippen molar-refractivity contribution in [1.29, 1.82) is 0 Å². The third kappa shape index (κ3) is 0.645. The summed E-state index contributed by atoms with van der Waals surface area (Å²) in [6, 6.07) is 0. The molecule has 0 bridgehead atoms. The number of epoxide rings is 1. The molecule has 0 radical (unpaired) electrons. The lowest BCUT2D eigenvalue weighted by molar-refractivity contribution is -0.0429. The molecule has 3 N–H and O–H groups in total. The molecule has 0 unspecified atom stereocenters. The molecular formula is C6H10O4. The molecule has 1 saturated carbocycles. The van der Waals surface area contributed by atoms with Crippen LogP contribution in [-0.2, 0) is 4.74 Å². The predicted octanol–water partition coefficient (Wildman–Crippen LogP) is -1.90. The summed E-state index contributed by atoms with van der Waals surface area (Å²) in [6.07, 6.45) is -1.90. The number of hydrogen-bond donors (Lipinski definition) is 3. The van der Waals surface area contributed by atoms with E-state index in [1.165, 1.54) is 0 Å². The Morgan fingerprint density at radius 2 is 1.80 bits per heavy atom. The van der Waals surface area contributed by atoms with Crippen molar-refractivity contribution in [2.24, 2.45) is 5.92 Å². The van der Waals surface area contributed by atoms with Crippen LogP contribution < -0.4 is 0 Å². The summed E-state index contributed by atoms with van der Waals surface area (Å²) in [5, 5.41) is 27.0. The summed E-state index contributed by atoms with van der Waals surface area (Å²) in [5.74, 6) is -0.278. The van der Waals surface area contributed by atoms with Crippen molar-refractivity contribution in [3.63, 3.8) is 0 Å². The van der Waals surface area contributed by atoms with Crippen molar-refractivity contribution in [1.82, 2.24) is 0 Å². The van der Waals surface area contributed by atoms with Crippen LogP contribution in [0, 0.1) is 5.92 Å². The third-order valence-corrected chi connectivity index (χ3v) is 2.32. The minimum Gasteiger partial charge on any atom is -0.396 e. The highest BCUT2D eigenvalue weighted by molar-refractivity contribution is 5.08. The molecule has 0 amide bonds. The molecule has 1 aliphatic carbocycles. The molecule has 0 spiro atoms. The fourth-order valence-electron chi connectivity index (χ4n) is 1.61. The van der Waals surface area contributed by atoms with Crippen LogP contribution in [-0.4, -0.2) is 46.3 Å². The van der Waals surface area contributed by atoms with E-state index < -0.39 is 12.2 Å². The summed E-state index contributed by atoms with van der Waals surface area (Å²) in [5.41, 5.74) is 0. The van der Waals surface area contributed by atoms with E-state index in [1.54, 1.807) is 0 Å². The largest absolute Gasteiger partial charge is 0.396 e. The minimum atomic E-state index is -0.797. The van der Waals surface area contributed by atoms with Gasteiger partial charge in [0.15, 0.2) is 0 Å². The molecule has 2 rings (SSSR count). The van der Waals surface area contributed by atoms with Crippen LogP contribution in [0.3, 0.4) is 0 Å². The molecule has 0 aromatic heterocycles. The van der Waals surface area contributed by atoms with Crippen LogP contribution in [0.4, 0.5) is 0 Å². The lowest BCUT2D eigenvalue weighted by atomic mass is 10.1. The topological polar surface area (TPSA) is 73.2 Å². The minimum absolute atomic E-state index is 0.102. The molecular weight excluding hydrogens is 136 g/mol. The molecule has 1 saturated heterocycles. The van der Waals surface area contributed by atoms with E-state index in [4.69, 9.17) is 20.1 Å². The van der Waals surface area contributed by atoms with Gasteiger partial charge in [0.25, 0.3) is 0 Å². The molecule has 1 heterocycles. The highest BCUT2D eigenvalue weighted by atomic mass is 16.6. The first-order valence-electron chi connectivity index (χ1n) is 3.38. The Labute approximate surface area is 58.0 Å². The van der Waals surface area contributed by atoms with Gasteiger partial charge in [-0.1, -0.05) is 0 Å². The molecule has 0 aromatic rings. The van der Waals surface area contributed by atoms with Gasteiger partial charge < -0.3 is 20.1 Å². The molecule has 2 aliphatic rings. The Kier molecular flexibility index (Phi) is 1.25. The zero-order valence-corrected chi connectivity index (χ0v) is 5.34. The molecule has 0 aromatic carbocycles. The van der Waals surface area contributed by atoms with Crippen molar-refractivity contribution >= 4 is 0 Å². The Morgan fingerprint density at radius 3 is 2.10 bits per heavy atom. The first kappa shape index (κ1) is 6.54. The van der Waals surface area contributed by atoms with Crippen LogP contribution >= 0.6 is 0 Å². The van der Waals surface area contributed by atoms with Crippen LogP contribution in [0.2, 0.25) is 0 Å². The number of ether oxygens (including phenoxy) is 1. The summed E-state index contributed by atoms with van der Waals surface area (Å²) in [7, 11) is 0. The maximum atomic E-state index is 9.17. The fourth-order valence-corrected chi connectivity index (χ4v) is 1.61. The lowest BCUT2D eigenvalue weighted by Crippen LogP contribution is -2.33. The predicted molar refractivity (Wildman–Crippen MR) is 31.3 cm³/mol. The van der Waals surface area contributed by atoms with Crippen LogP contribution in [0.15, 0.2) is 0 Å². The second-order valence-electron chi connectivity index (χ2n) is 2.89. The Morgan fingerprint density at radius 1 is 1.10 bits per heavy atom. The highest BCUT2D eigenvalue weighted by Crippen LogP contribution is 2.42. The average molecular weight is 146 g/mol. The van der Waals surface area contributed by atoms with Gasteiger partial charge in [0.2, 0.25) is 0 Å². The van der Waals surface area contributed by atoms with Gasteiger partial charge in [-0.2, -0.15) is 0 Å². The van der Waals surface area contributed by atoms with E-state index in [0.717, 1.165) is 0 Å². The van der Waals surface area contributed by atoms with E-state index in [1.807, 2.05) is 0 Å². The zero-order chi connectivity index (χ0) is 7.30. The van der Waals surface area contributed by atoms with Crippen molar-refractivity contribution in [2.45, 2.75) is 24.4 Å². The highest BCUT2D eigenvalue weighted by Gasteiger charge is 2.61. The smallest absolute Gasteiger partial charge is 0.113 e. The van der Waals surface area contributed by atoms with Gasteiger partial charge in [-0.15, -0.1) is 0 Å². The summed E-state index contributed by atoms with van der Waals surface area (Å²) in [6.45, 7) is -0.112. The first-order valence-corrected chi connectivity index (χ1v) is 3.38. The molecule has 2 fully saturated rings. The second kappa shape index (κ2) is 1.92. The molecule has 5 atom stereocenters. The first-order chi connectivity index (χ1) is 4.75. The van der Waals surface area contributed by atoms with Crippen molar-refractivity contribution in [3.8, 4) is 0 Å². The number of aliphatic hydroxyl groups is 3. The Bertz CT molecular complexity index is 149. The van der Waals surface area contributed by atoms with Gasteiger partial charge in [0.05, 0.1) is 18.8 Å². The van der Waals surface area contributed by atoms with Crippen LogP contribution in [0.25, 0.3) is 0 Å². The lowest BCUT2D eigenvalue weighted by Gasteiger charge is -2.16. The SMILES string of the molecule is OC[C@H]1[C@H](O)[C@@H](O)[C@H]2O[C@@H]12. The quantitative estimate of drug-likeness (QED) is 0.378. The van der Waals surface area contributed by atoms with Crippen molar-refractivity contribution in [2.75, 3.05) is 6.61 Å². The molecule has 58 valence electrons. The molecule has 1 aliphatic heterocycles. The normalized spacial score (nSPS) is 58.5. The maximum Gasteiger partial charge on any atom is 0.113 e. The third-order valence-electron chi connectivity index (χ3n) is 2.32. The van der Waals surface area contributed by atoms with Crippen LogP contribution in [0.5, 0.6) is 0 Å². The Balaban J connectivity index is 2.09. The summed E-state index contributed by atoms with van der Waals surface area (Å²) >= 11 is 0. The van der Waals surface area contributed by atoms with Gasteiger partial charge in [-0.3, -0.25) is 0 Å². The molecule has 10 heavy (non-hydrogen) atoms. The number of rotatable bonds is 1. The number of hydrogen-bond acceptors (Lipinski definition) is 4. The second-order valence-corrected chi connectivity index (χ2v) is 2.89. The van der Waals surface area contributed by atoms with E-state index in [-0.39, 0.29) is 24.7 Å². The maximum absolute atomic E-state index is 9.17. The Hall–Kier alpha value is -0.160. The van der Waals surface area contributed by atoms with Gasteiger partial charge in [0.1, 0.15) is 12.2 Å². The van der Waals surface area contributed by atoms with Crippen LogP contribution in [0.1, 0.15) is 0 Å². The van der Waals surface area contributed by atoms with Gasteiger partial charge in [-0.05, 0) is 0 Å². The molecule has 4 nitrogen and oxygen atoms in total. The molecule has 4 heteroatoms. The summed E-state index contributed by atoms with van der Waals surface area (Å²) in [4.78, 5) is 0. The summed E-state index contributed by atoms with van der Waals surface area (Å²) < 4.78 is 4.97. The van der Waals surface area contributed by atoms with Crippen molar-refractivity contribution < 1.29 is 20.1 Å². The van der Waals surface area contributed by atoms with Gasteiger partial charge in [0, 0.05) is 5.92 Å². The number of fused-ring (bicyclic) bond motifs is 1. The monoisotopic (exact) mass is 146 g/mol. The van der Waals surface area contributed by atoms with E-state index in [0.29, 0.717) is 0 Å². The average Bonchev–Trinajstić information content (AvgIpc) is 2.63. The zero-order valence-electron chi connectivity index (χ0n) is 5.34. The van der Waals surface area contributed by atoms with E-state index >= 15 is 0 Å². The van der Waals surface area contributed by atoms with Crippen molar-refractivity contribution in [3.05, 3.63) is 0 Å².